The molecule has 0 spiro atoms. The van der Waals surface area contributed by atoms with Gasteiger partial charge in [-0.05, 0) is 44.0 Å². The van der Waals surface area contributed by atoms with Crippen molar-refractivity contribution in [2.45, 2.75) is 26.9 Å². The van der Waals surface area contributed by atoms with E-state index in [1.807, 2.05) is 26.8 Å². The van der Waals surface area contributed by atoms with Gasteiger partial charge in [-0.3, -0.25) is 0 Å². The third kappa shape index (κ3) is 1.85. The molecular weight excluding hydrogens is 208 g/mol. The van der Waals surface area contributed by atoms with Crippen LogP contribution in [0.5, 0.6) is 0 Å². The maximum atomic E-state index is 10.2. The first-order chi connectivity index (χ1) is 7.09. The highest BCUT2D eigenvalue weighted by Crippen LogP contribution is 2.33. The maximum absolute atomic E-state index is 10.2. The fourth-order valence-corrected chi connectivity index (χ4v) is 2.74. The number of thiophene rings is 1. The van der Waals surface area contributed by atoms with Crippen LogP contribution in [0.2, 0.25) is 0 Å². The highest BCUT2D eigenvalue weighted by atomic mass is 32.1. The third-order valence-electron chi connectivity index (χ3n) is 2.48. The largest absolute Gasteiger partial charge is 0.466 e. The summed E-state index contributed by atoms with van der Waals surface area (Å²) in [6.45, 7) is 6.00. The van der Waals surface area contributed by atoms with Gasteiger partial charge in [0.2, 0.25) is 0 Å². The van der Waals surface area contributed by atoms with Crippen LogP contribution in [0, 0.1) is 20.8 Å². The van der Waals surface area contributed by atoms with Gasteiger partial charge in [-0.2, -0.15) is 0 Å². The number of rotatable bonds is 2. The molecule has 0 aliphatic rings. The Balaban J connectivity index is 2.40. The number of aryl methyl sites for hydroxylation is 3. The van der Waals surface area contributed by atoms with Gasteiger partial charge in [-0.1, -0.05) is 0 Å². The molecule has 0 aromatic carbocycles. The lowest BCUT2D eigenvalue weighted by atomic mass is 10.1. The molecule has 2 aromatic rings. The van der Waals surface area contributed by atoms with E-state index in [-0.39, 0.29) is 0 Å². The Morgan fingerprint density at radius 3 is 2.47 bits per heavy atom. The van der Waals surface area contributed by atoms with Gasteiger partial charge in [-0.25, -0.2) is 0 Å². The van der Waals surface area contributed by atoms with Crippen molar-refractivity contribution in [3.63, 3.8) is 0 Å². The monoisotopic (exact) mass is 222 g/mol. The normalized spacial score (nSPS) is 13.1. The molecule has 0 bridgehead atoms. The maximum Gasteiger partial charge on any atom is 0.146 e. The zero-order valence-electron chi connectivity index (χ0n) is 9.07. The topological polar surface area (TPSA) is 33.4 Å². The number of hydrogen-bond donors (Lipinski definition) is 1. The molecule has 15 heavy (non-hydrogen) atoms. The Morgan fingerprint density at radius 1 is 1.27 bits per heavy atom. The summed E-state index contributed by atoms with van der Waals surface area (Å²) < 4.78 is 5.30. The number of furan rings is 1. The van der Waals surface area contributed by atoms with Gasteiger partial charge >= 0.3 is 0 Å². The van der Waals surface area contributed by atoms with Crippen molar-refractivity contribution in [3.8, 4) is 0 Å². The minimum Gasteiger partial charge on any atom is -0.466 e. The van der Waals surface area contributed by atoms with E-state index in [0.717, 1.165) is 16.0 Å². The van der Waals surface area contributed by atoms with E-state index in [4.69, 9.17) is 4.42 Å². The lowest BCUT2D eigenvalue weighted by Crippen LogP contribution is -1.98. The van der Waals surface area contributed by atoms with Crippen molar-refractivity contribution in [3.05, 3.63) is 45.0 Å². The summed E-state index contributed by atoms with van der Waals surface area (Å²) in [5.41, 5.74) is 2.12. The van der Waals surface area contributed by atoms with E-state index in [1.54, 1.807) is 17.6 Å². The van der Waals surface area contributed by atoms with Crippen molar-refractivity contribution in [1.82, 2.24) is 0 Å². The third-order valence-corrected chi connectivity index (χ3v) is 3.68. The predicted molar refractivity (Wildman–Crippen MR) is 61.3 cm³/mol. The standard InChI is InChI=1S/C12H14O2S/c1-7-4-5-14-11(7)10(13)12-8(2)6-9(3)15-12/h4-6,10,13H,1-3H3. The molecule has 1 N–H and O–H groups in total. The summed E-state index contributed by atoms with van der Waals surface area (Å²) in [6, 6.07) is 3.95. The second kappa shape index (κ2) is 3.83. The fraction of sp³-hybridized carbons (Fsp3) is 0.333. The molecule has 2 aromatic heterocycles. The number of aliphatic hydroxyl groups excluding tert-OH is 1. The molecule has 2 nitrogen and oxygen atoms in total. The van der Waals surface area contributed by atoms with Gasteiger partial charge in [0.05, 0.1) is 6.26 Å². The zero-order valence-corrected chi connectivity index (χ0v) is 9.89. The van der Waals surface area contributed by atoms with Crippen LogP contribution < -0.4 is 0 Å². The van der Waals surface area contributed by atoms with Gasteiger partial charge in [0.25, 0.3) is 0 Å². The molecule has 0 fully saturated rings. The first-order valence-corrected chi connectivity index (χ1v) is 5.70. The van der Waals surface area contributed by atoms with Crippen molar-refractivity contribution in [2.24, 2.45) is 0 Å². The smallest absolute Gasteiger partial charge is 0.146 e. The molecule has 1 unspecified atom stereocenters. The highest BCUT2D eigenvalue weighted by Gasteiger charge is 2.19. The van der Waals surface area contributed by atoms with E-state index >= 15 is 0 Å². The van der Waals surface area contributed by atoms with Crippen molar-refractivity contribution in [1.29, 1.82) is 0 Å². The van der Waals surface area contributed by atoms with Crippen LogP contribution >= 0.6 is 11.3 Å². The van der Waals surface area contributed by atoms with Crippen LogP contribution in [0.4, 0.5) is 0 Å². The van der Waals surface area contributed by atoms with E-state index in [2.05, 4.69) is 6.07 Å². The summed E-state index contributed by atoms with van der Waals surface area (Å²) in [6.07, 6.45) is 0.989. The minimum absolute atomic E-state index is 0.626. The average molecular weight is 222 g/mol. The Morgan fingerprint density at radius 2 is 2.00 bits per heavy atom. The van der Waals surface area contributed by atoms with Crippen LogP contribution in [0.3, 0.4) is 0 Å². The molecule has 80 valence electrons. The summed E-state index contributed by atoms with van der Waals surface area (Å²) in [5, 5.41) is 10.2. The first kappa shape index (κ1) is 10.5. The minimum atomic E-state index is -0.626. The molecule has 0 aliphatic carbocycles. The second-order valence-electron chi connectivity index (χ2n) is 3.77. The molecule has 3 heteroatoms. The molecule has 0 saturated carbocycles. The summed E-state index contributed by atoms with van der Waals surface area (Å²) in [7, 11) is 0. The molecule has 2 rings (SSSR count). The number of hydrogen-bond acceptors (Lipinski definition) is 3. The first-order valence-electron chi connectivity index (χ1n) is 4.88. The molecule has 0 aliphatic heterocycles. The van der Waals surface area contributed by atoms with Gasteiger partial charge in [0, 0.05) is 9.75 Å². The van der Waals surface area contributed by atoms with Crippen molar-refractivity contribution >= 4 is 11.3 Å². The lowest BCUT2D eigenvalue weighted by Gasteiger charge is -2.07. The Labute approximate surface area is 93.2 Å². The number of aliphatic hydroxyl groups is 1. The lowest BCUT2D eigenvalue weighted by molar-refractivity contribution is 0.191. The van der Waals surface area contributed by atoms with Crippen LogP contribution in [0.25, 0.3) is 0 Å². The molecular formula is C12H14O2S. The summed E-state index contributed by atoms with van der Waals surface area (Å²) >= 11 is 1.62. The van der Waals surface area contributed by atoms with Gasteiger partial charge in [0.1, 0.15) is 11.9 Å². The van der Waals surface area contributed by atoms with Crippen molar-refractivity contribution < 1.29 is 9.52 Å². The molecule has 1 atom stereocenters. The van der Waals surface area contributed by atoms with Gasteiger partial charge in [-0.15, -0.1) is 11.3 Å². The van der Waals surface area contributed by atoms with Crippen LogP contribution in [0.1, 0.15) is 32.7 Å². The average Bonchev–Trinajstić information content (AvgIpc) is 2.71. The van der Waals surface area contributed by atoms with Crippen LogP contribution in [0.15, 0.2) is 22.8 Å². The van der Waals surface area contributed by atoms with Crippen molar-refractivity contribution in [2.75, 3.05) is 0 Å². The molecule has 2 heterocycles. The summed E-state index contributed by atoms with van der Waals surface area (Å²) in [5.74, 6) is 0.653. The van der Waals surface area contributed by atoms with Gasteiger partial charge in [0.15, 0.2) is 0 Å². The molecule has 0 saturated heterocycles. The Bertz CT molecular complexity index is 468. The SMILES string of the molecule is Cc1cc(C)c(C(O)c2occc2C)s1. The van der Waals surface area contributed by atoms with Crippen LogP contribution in [-0.2, 0) is 0 Å². The van der Waals surface area contributed by atoms with Crippen LogP contribution in [-0.4, -0.2) is 5.11 Å². The second-order valence-corrected chi connectivity index (χ2v) is 5.06. The van der Waals surface area contributed by atoms with E-state index in [9.17, 15) is 5.11 Å². The van der Waals surface area contributed by atoms with E-state index in [1.165, 1.54) is 4.88 Å². The zero-order chi connectivity index (χ0) is 11.0. The quantitative estimate of drug-likeness (QED) is 0.845. The molecule has 0 amide bonds. The van der Waals surface area contributed by atoms with Gasteiger partial charge < -0.3 is 9.52 Å². The molecule has 0 radical (unpaired) electrons. The Kier molecular flexibility index (Phi) is 2.67. The predicted octanol–water partition coefficient (Wildman–Crippen LogP) is 3.35. The Hall–Kier alpha value is -1.06. The van der Waals surface area contributed by atoms with E-state index in [0.29, 0.717) is 5.76 Å². The van der Waals surface area contributed by atoms with E-state index < -0.39 is 6.10 Å². The fourth-order valence-electron chi connectivity index (χ4n) is 1.71. The summed E-state index contributed by atoms with van der Waals surface area (Å²) in [4.78, 5) is 2.19. The highest BCUT2D eigenvalue weighted by molar-refractivity contribution is 7.12.